The first-order valence-electron chi connectivity index (χ1n) is 8.40. The zero-order chi connectivity index (χ0) is 17.6. The molecule has 1 heterocycles. The number of hydrogen-bond acceptors (Lipinski definition) is 4. The average Bonchev–Trinajstić information content (AvgIpc) is 3.05. The number of hydrogen-bond donors (Lipinski definition) is 1. The molecule has 1 aliphatic heterocycles. The normalized spacial score (nSPS) is 18.7. The van der Waals surface area contributed by atoms with Gasteiger partial charge in [0.2, 0.25) is 15.9 Å². The monoisotopic (exact) mass is 354 g/mol. The van der Waals surface area contributed by atoms with Crippen LogP contribution in [0.2, 0.25) is 0 Å². The van der Waals surface area contributed by atoms with Gasteiger partial charge in [-0.15, -0.1) is 0 Å². The Morgan fingerprint density at radius 1 is 1.33 bits per heavy atom. The van der Waals surface area contributed by atoms with Crippen molar-refractivity contribution in [2.24, 2.45) is 0 Å². The standard InChI is InChI=1S/C17H26N2O4S/c1-3-23-13-5-11-18-17(20)16-6-4-12-19(16)24(21,22)15-9-7-14(2)8-10-15/h7-10,16H,3-6,11-13H2,1-2H3,(H,18,20)/t16-/m1/s1. The number of sulfonamides is 1. The van der Waals surface area contributed by atoms with Gasteiger partial charge in [0.15, 0.2) is 0 Å². The molecule has 0 saturated carbocycles. The van der Waals surface area contributed by atoms with Crippen molar-refractivity contribution in [3.8, 4) is 0 Å². The number of carbonyl (C=O) groups excluding carboxylic acids is 1. The fraction of sp³-hybridized carbons (Fsp3) is 0.588. The number of rotatable bonds is 8. The molecule has 1 atom stereocenters. The lowest BCUT2D eigenvalue weighted by atomic mass is 10.2. The van der Waals surface area contributed by atoms with Crippen LogP contribution in [0.3, 0.4) is 0 Å². The minimum atomic E-state index is -3.64. The first-order chi connectivity index (χ1) is 11.5. The van der Waals surface area contributed by atoms with Gasteiger partial charge in [-0.25, -0.2) is 8.42 Å². The molecule has 7 heteroatoms. The lowest BCUT2D eigenvalue weighted by molar-refractivity contribution is -0.124. The molecule has 0 spiro atoms. The number of ether oxygens (including phenoxy) is 1. The third-order valence-corrected chi connectivity index (χ3v) is 6.03. The Balaban J connectivity index is 2.01. The van der Waals surface area contributed by atoms with Gasteiger partial charge >= 0.3 is 0 Å². The molecule has 1 aromatic rings. The Bertz CT molecular complexity index is 643. The van der Waals surface area contributed by atoms with Crippen molar-refractivity contribution in [3.63, 3.8) is 0 Å². The van der Waals surface area contributed by atoms with Crippen molar-refractivity contribution in [2.45, 2.75) is 44.0 Å². The smallest absolute Gasteiger partial charge is 0.243 e. The summed E-state index contributed by atoms with van der Waals surface area (Å²) in [5, 5.41) is 2.82. The highest BCUT2D eigenvalue weighted by Gasteiger charge is 2.39. The molecule has 0 aromatic heterocycles. The summed E-state index contributed by atoms with van der Waals surface area (Å²) in [7, 11) is -3.64. The zero-order valence-corrected chi connectivity index (χ0v) is 15.1. The molecule has 6 nitrogen and oxygen atoms in total. The van der Waals surface area contributed by atoms with Crippen LogP contribution in [-0.4, -0.2) is 51.0 Å². The highest BCUT2D eigenvalue weighted by atomic mass is 32.2. The van der Waals surface area contributed by atoms with E-state index < -0.39 is 16.1 Å². The van der Waals surface area contributed by atoms with Gasteiger partial charge in [0.05, 0.1) is 4.90 Å². The van der Waals surface area contributed by atoms with Crippen LogP contribution in [0, 0.1) is 6.92 Å². The van der Waals surface area contributed by atoms with E-state index in [4.69, 9.17) is 4.74 Å². The molecule has 0 unspecified atom stereocenters. The first kappa shape index (κ1) is 18.9. The molecular weight excluding hydrogens is 328 g/mol. The van der Waals surface area contributed by atoms with Crippen LogP contribution in [0.25, 0.3) is 0 Å². The van der Waals surface area contributed by atoms with Crippen molar-refractivity contribution >= 4 is 15.9 Å². The molecule has 0 bridgehead atoms. The summed E-state index contributed by atoms with van der Waals surface area (Å²) in [5.74, 6) is -0.223. The van der Waals surface area contributed by atoms with Gasteiger partial charge in [-0.1, -0.05) is 17.7 Å². The first-order valence-corrected chi connectivity index (χ1v) is 9.84. The Morgan fingerprint density at radius 2 is 2.04 bits per heavy atom. The summed E-state index contributed by atoms with van der Waals surface area (Å²) >= 11 is 0. The van der Waals surface area contributed by atoms with Crippen LogP contribution < -0.4 is 5.32 Å². The van der Waals surface area contributed by atoms with Gasteiger partial charge in [-0.2, -0.15) is 4.31 Å². The van der Waals surface area contributed by atoms with Crippen molar-refractivity contribution in [1.82, 2.24) is 9.62 Å². The number of nitrogens with zero attached hydrogens (tertiary/aromatic N) is 1. The van der Waals surface area contributed by atoms with Crippen LogP contribution >= 0.6 is 0 Å². The van der Waals surface area contributed by atoms with Crippen molar-refractivity contribution < 1.29 is 17.9 Å². The van der Waals surface area contributed by atoms with Crippen LogP contribution in [0.4, 0.5) is 0 Å². The van der Waals surface area contributed by atoms with Crippen LogP contribution in [0.5, 0.6) is 0 Å². The summed E-state index contributed by atoms with van der Waals surface area (Å²) in [5.41, 5.74) is 0.999. The van der Waals surface area contributed by atoms with Gasteiger partial charge in [-0.05, 0) is 45.2 Å². The Morgan fingerprint density at radius 3 is 2.71 bits per heavy atom. The lowest BCUT2D eigenvalue weighted by Gasteiger charge is -2.23. The second kappa shape index (κ2) is 8.60. The third kappa shape index (κ3) is 4.55. The van der Waals surface area contributed by atoms with E-state index in [-0.39, 0.29) is 10.8 Å². The van der Waals surface area contributed by atoms with Crippen LogP contribution in [-0.2, 0) is 19.6 Å². The number of carbonyl (C=O) groups is 1. The second-order valence-electron chi connectivity index (χ2n) is 5.93. The predicted octanol–water partition coefficient (Wildman–Crippen LogP) is 1.69. The van der Waals surface area contributed by atoms with E-state index in [1.165, 1.54) is 4.31 Å². The maximum Gasteiger partial charge on any atom is 0.243 e. The van der Waals surface area contributed by atoms with Gasteiger partial charge in [0, 0.05) is 26.3 Å². The van der Waals surface area contributed by atoms with Gasteiger partial charge < -0.3 is 10.1 Å². The van der Waals surface area contributed by atoms with Crippen molar-refractivity contribution in [2.75, 3.05) is 26.3 Å². The van der Waals surface area contributed by atoms with E-state index >= 15 is 0 Å². The molecule has 1 fully saturated rings. The summed E-state index contributed by atoms with van der Waals surface area (Å²) in [6.45, 7) is 5.95. The lowest BCUT2D eigenvalue weighted by Crippen LogP contribution is -2.46. The summed E-state index contributed by atoms with van der Waals surface area (Å²) < 4.78 is 32.2. The Labute approximate surface area is 144 Å². The fourth-order valence-electron chi connectivity index (χ4n) is 2.78. The molecule has 0 aliphatic carbocycles. The van der Waals surface area contributed by atoms with Crippen LogP contribution in [0.1, 0.15) is 31.7 Å². The Hall–Kier alpha value is -1.44. The van der Waals surface area contributed by atoms with E-state index in [0.29, 0.717) is 39.1 Å². The number of aryl methyl sites for hydroxylation is 1. The van der Waals surface area contributed by atoms with E-state index in [1.807, 2.05) is 13.8 Å². The molecule has 1 aliphatic rings. The van der Waals surface area contributed by atoms with Gasteiger partial charge in [0.25, 0.3) is 0 Å². The molecule has 1 amide bonds. The predicted molar refractivity (Wildman–Crippen MR) is 92.2 cm³/mol. The highest BCUT2D eigenvalue weighted by molar-refractivity contribution is 7.89. The van der Waals surface area contributed by atoms with Crippen LogP contribution in [0.15, 0.2) is 29.2 Å². The molecule has 2 rings (SSSR count). The molecule has 0 radical (unpaired) electrons. The quantitative estimate of drug-likeness (QED) is 0.721. The summed E-state index contributed by atoms with van der Waals surface area (Å²) in [6, 6.07) is 6.11. The molecule has 1 N–H and O–H groups in total. The third-order valence-electron chi connectivity index (χ3n) is 4.10. The second-order valence-corrected chi connectivity index (χ2v) is 7.82. The molecule has 24 heavy (non-hydrogen) atoms. The molecule has 1 saturated heterocycles. The molecule has 134 valence electrons. The van der Waals surface area contributed by atoms with Gasteiger partial charge in [-0.3, -0.25) is 4.79 Å². The SMILES string of the molecule is CCOCCCNC(=O)[C@H]1CCCN1S(=O)(=O)c1ccc(C)cc1. The Kier molecular flexibility index (Phi) is 6.77. The number of nitrogens with one attached hydrogen (secondary N) is 1. The fourth-order valence-corrected chi connectivity index (χ4v) is 4.44. The van der Waals surface area contributed by atoms with E-state index in [9.17, 15) is 13.2 Å². The summed E-state index contributed by atoms with van der Waals surface area (Å²) in [6.07, 6.45) is 1.97. The van der Waals surface area contributed by atoms with Gasteiger partial charge in [0.1, 0.15) is 6.04 Å². The highest BCUT2D eigenvalue weighted by Crippen LogP contribution is 2.26. The minimum Gasteiger partial charge on any atom is -0.382 e. The van der Waals surface area contributed by atoms with E-state index in [1.54, 1.807) is 24.3 Å². The maximum absolute atomic E-state index is 12.8. The molecular formula is C17H26N2O4S. The largest absolute Gasteiger partial charge is 0.382 e. The minimum absolute atomic E-state index is 0.223. The number of amides is 1. The van der Waals surface area contributed by atoms with Crippen molar-refractivity contribution in [1.29, 1.82) is 0 Å². The maximum atomic E-state index is 12.8. The summed E-state index contributed by atoms with van der Waals surface area (Å²) in [4.78, 5) is 12.6. The average molecular weight is 354 g/mol. The topological polar surface area (TPSA) is 75.7 Å². The van der Waals surface area contributed by atoms with Crippen molar-refractivity contribution in [3.05, 3.63) is 29.8 Å². The molecule has 1 aromatic carbocycles. The number of benzene rings is 1. The van der Waals surface area contributed by atoms with E-state index in [0.717, 1.165) is 12.0 Å². The van der Waals surface area contributed by atoms with E-state index in [2.05, 4.69) is 5.32 Å². The zero-order valence-electron chi connectivity index (χ0n) is 14.3.